The minimum absolute atomic E-state index is 0.137. The second-order valence-electron chi connectivity index (χ2n) is 5.52. The van der Waals surface area contributed by atoms with Gasteiger partial charge in [0.15, 0.2) is 5.16 Å². The third kappa shape index (κ3) is 3.33. The summed E-state index contributed by atoms with van der Waals surface area (Å²) in [5.41, 5.74) is -0.503. The highest BCUT2D eigenvalue weighted by Crippen LogP contribution is 2.38. The quantitative estimate of drug-likeness (QED) is 0.749. The number of aromatic amines is 1. The van der Waals surface area contributed by atoms with Gasteiger partial charge >= 0.3 is 5.69 Å². The third-order valence-electron chi connectivity index (χ3n) is 4.33. The van der Waals surface area contributed by atoms with Crippen LogP contribution in [0.4, 0.5) is 0 Å². The maximum atomic E-state index is 11.6. The van der Waals surface area contributed by atoms with Crippen LogP contribution in [0.5, 0.6) is 0 Å². The van der Waals surface area contributed by atoms with Crippen molar-refractivity contribution in [2.45, 2.75) is 56.3 Å². The van der Waals surface area contributed by atoms with Gasteiger partial charge in [0, 0.05) is 12.3 Å². The highest BCUT2D eigenvalue weighted by atomic mass is 32.2. The van der Waals surface area contributed by atoms with E-state index in [0.29, 0.717) is 12.5 Å². The lowest BCUT2D eigenvalue weighted by Gasteiger charge is -2.28. The molecule has 1 heterocycles. The van der Waals surface area contributed by atoms with Crippen LogP contribution < -0.4 is 11.0 Å². The minimum atomic E-state index is -0.366. The lowest BCUT2D eigenvalue weighted by Crippen LogP contribution is -2.44. The molecule has 1 fully saturated rings. The van der Waals surface area contributed by atoms with Gasteiger partial charge in [-0.25, -0.2) is 9.89 Å². The number of nitriles is 1. The van der Waals surface area contributed by atoms with Gasteiger partial charge in [-0.1, -0.05) is 25.1 Å². The van der Waals surface area contributed by atoms with Gasteiger partial charge in [0.25, 0.3) is 0 Å². The molecule has 1 aromatic rings. The number of hydrogen-bond acceptors (Lipinski definition) is 5. The van der Waals surface area contributed by atoms with Crippen molar-refractivity contribution < 1.29 is 0 Å². The van der Waals surface area contributed by atoms with Gasteiger partial charge in [-0.15, -0.1) is 5.10 Å². The van der Waals surface area contributed by atoms with E-state index in [4.69, 9.17) is 0 Å². The Morgan fingerprint density at radius 3 is 3.14 bits per heavy atom. The van der Waals surface area contributed by atoms with Gasteiger partial charge in [0.2, 0.25) is 0 Å². The van der Waals surface area contributed by atoms with Gasteiger partial charge in [-0.2, -0.15) is 5.26 Å². The molecule has 21 heavy (non-hydrogen) atoms. The molecule has 2 N–H and O–H groups in total. The highest BCUT2D eigenvalue weighted by Gasteiger charge is 2.41. The summed E-state index contributed by atoms with van der Waals surface area (Å²) in [6.07, 6.45) is 5.00. The SMILES string of the molecule is CCCn1c(SCCC2CCCC2(C#N)NC)n[nH]c1=O. The lowest BCUT2D eigenvalue weighted by atomic mass is 9.87. The molecule has 0 bridgehead atoms. The molecule has 0 spiro atoms. The zero-order valence-corrected chi connectivity index (χ0v) is 13.5. The van der Waals surface area contributed by atoms with Crippen LogP contribution in [0.25, 0.3) is 0 Å². The molecule has 0 aliphatic heterocycles. The summed E-state index contributed by atoms with van der Waals surface area (Å²) in [6, 6.07) is 2.46. The van der Waals surface area contributed by atoms with Crippen molar-refractivity contribution in [2.24, 2.45) is 5.92 Å². The van der Waals surface area contributed by atoms with E-state index in [1.54, 1.807) is 16.3 Å². The first kappa shape index (κ1) is 16.1. The van der Waals surface area contributed by atoms with E-state index in [9.17, 15) is 10.1 Å². The van der Waals surface area contributed by atoms with Crippen LogP contribution in [0, 0.1) is 17.2 Å². The topological polar surface area (TPSA) is 86.5 Å². The van der Waals surface area contributed by atoms with Crippen molar-refractivity contribution in [3.8, 4) is 6.07 Å². The van der Waals surface area contributed by atoms with E-state index in [1.807, 2.05) is 14.0 Å². The number of aromatic nitrogens is 3. The lowest BCUT2D eigenvalue weighted by molar-refractivity contribution is 0.332. The van der Waals surface area contributed by atoms with E-state index in [-0.39, 0.29) is 11.2 Å². The highest BCUT2D eigenvalue weighted by molar-refractivity contribution is 7.99. The fourth-order valence-corrected chi connectivity index (χ4v) is 4.15. The number of hydrogen-bond donors (Lipinski definition) is 2. The second kappa shape index (κ2) is 7.14. The van der Waals surface area contributed by atoms with Crippen molar-refractivity contribution in [3.05, 3.63) is 10.5 Å². The van der Waals surface area contributed by atoms with Crippen molar-refractivity contribution in [1.29, 1.82) is 5.26 Å². The van der Waals surface area contributed by atoms with Crippen LogP contribution in [0.15, 0.2) is 9.95 Å². The largest absolute Gasteiger partial charge is 0.343 e. The predicted octanol–water partition coefficient (Wildman–Crippen LogP) is 1.75. The van der Waals surface area contributed by atoms with Crippen LogP contribution in [-0.4, -0.2) is 33.1 Å². The maximum absolute atomic E-state index is 11.6. The molecule has 116 valence electrons. The molecule has 2 rings (SSSR count). The fourth-order valence-electron chi connectivity index (χ4n) is 3.13. The molecule has 6 nitrogen and oxygen atoms in total. The average molecular weight is 309 g/mol. The summed E-state index contributed by atoms with van der Waals surface area (Å²) in [5, 5.41) is 20.0. The standard InChI is InChI=1S/C14H23N5OS/c1-3-8-19-12(20)17-18-13(19)21-9-6-11-5-4-7-14(11,10-15)16-2/h11,16H,3-9H2,1-2H3,(H,17,20). The van der Waals surface area contributed by atoms with Crippen molar-refractivity contribution >= 4 is 11.8 Å². The van der Waals surface area contributed by atoms with Crippen molar-refractivity contribution in [1.82, 2.24) is 20.1 Å². The Balaban J connectivity index is 1.93. The molecule has 1 aliphatic rings. The van der Waals surface area contributed by atoms with Gasteiger partial charge < -0.3 is 5.32 Å². The van der Waals surface area contributed by atoms with Crippen LogP contribution in [0.3, 0.4) is 0 Å². The molecular formula is C14H23N5OS. The van der Waals surface area contributed by atoms with Crippen molar-refractivity contribution in [3.63, 3.8) is 0 Å². The second-order valence-corrected chi connectivity index (χ2v) is 6.58. The minimum Gasteiger partial charge on any atom is -0.302 e. The Morgan fingerprint density at radius 2 is 2.48 bits per heavy atom. The summed E-state index contributed by atoms with van der Waals surface area (Å²) in [7, 11) is 1.88. The molecule has 0 saturated heterocycles. The van der Waals surface area contributed by atoms with Crippen LogP contribution in [0.1, 0.15) is 39.0 Å². The van der Waals surface area contributed by atoms with Crippen molar-refractivity contribution in [2.75, 3.05) is 12.8 Å². The predicted molar refractivity (Wildman–Crippen MR) is 83.2 cm³/mol. The number of nitrogens with zero attached hydrogens (tertiary/aromatic N) is 3. The van der Waals surface area contributed by atoms with Gasteiger partial charge in [-0.05, 0) is 38.6 Å². The molecule has 1 aliphatic carbocycles. The fraction of sp³-hybridized carbons (Fsp3) is 0.786. The Bertz CT molecular complexity index is 560. The smallest absolute Gasteiger partial charge is 0.302 e. The molecule has 1 saturated carbocycles. The summed E-state index contributed by atoms with van der Waals surface area (Å²) in [4.78, 5) is 11.6. The Hall–Kier alpha value is -1.26. The molecule has 2 unspecified atom stereocenters. The number of nitrogens with one attached hydrogen (secondary N) is 2. The molecule has 0 aromatic carbocycles. The molecule has 0 amide bonds. The molecular weight excluding hydrogens is 286 g/mol. The number of rotatable bonds is 7. The van der Waals surface area contributed by atoms with E-state index in [0.717, 1.165) is 43.0 Å². The first-order valence-corrected chi connectivity index (χ1v) is 8.53. The van der Waals surface area contributed by atoms with Gasteiger partial charge in [0.1, 0.15) is 5.54 Å². The molecule has 1 aromatic heterocycles. The maximum Gasteiger partial charge on any atom is 0.343 e. The first-order chi connectivity index (χ1) is 10.2. The molecule has 2 atom stereocenters. The van der Waals surface area contributed by atoms with Crippen LogP contribution in [-0.2, 0) is 6.54 Å². The number of thioether (sulfide) groups is 1. The molecule has 7 heteroatoms. The Kier molecular flexibility index (Phi) is 5.48. The number of H-pyrrole nitrogens is 1. The Labute approximate surface area is 129 Å². The van der Waals surface area contributed by atoms with Crippen LogP contribution in [0.2, 0.25) is 0 Å². The molecule has 0 radical (unpaired) electrons. The van der Waals surface area contributed by atoms with Crippen LogP contribution >= 0.6 is 11.8 Å². The zero-order chi connectivity index (χ0) is 15.3. The van der Waals surface area contributed by atoms with E-state index in [2.05, 4.69) is 21.6 Å². The normalized spacial score (nSPS) is 25.1. The summed E-state index contributed by atoms with van der Waals surface area (Å²) in [6.45, 7) is 2.74. The zero-order valence-electron chi connectivity index (χ0n) is 12.7. The van der Waals surface area contributed by atoms with Gasteiger partial charge in [-0.3, -0.25) is 4.57 Å². The Morgan fingerprint density at radius 1 is 1.67 bits per heavy atom. The van der Waals surface area contributed by atoms with Gasteiger partial charge in [0.05, 0.1) is 6.07 Å². The van der Waals surface area contributed by atoms with E-state index >= 15 is 0 Å². The third-order valence-corrected chi connectivity index (χ3v) is 5.34. The average Bonchev–Trinajstić information content (AvgIpc) is 3.06. The monoisotopic (exact) mass is 309 g/mol. The van der Waals surface area contributed by atoms with E-state index in [1.165, 1.54) is 0 Å². The summed E-state index contributed by atoms with van der Waals surface area (Å²) >= 11 is 1.60. The van der Waals surface area contributed by atoms with E-state index < -0.39 is 0 Å². The summed E-state index contributed by atoms with van der Waals surface area (Å²) in [5.74, 6) is 1.26. The summed E-state index contributed by atoms with van der Waals surface area (Å²) < 4.78 is 1.69. The first-order valence-electron chi connectivity index (χ1n) is 7.55.